The van der Waals surface area contributed by atoms with Gasteiger partial charge in [-0.25, -0.2) is 0 Å². The number of carboxylic acid groups (broad SMARTS) is 1. The fraction of sp³-hybridized carbons (Fsp3) is 0.267. The van der Waals surface area contributed by atoms with Crippen LogP contribution in [0, 0.1) is 17.2 Å². The lowest BCUT2D eigenvalue weighted by atomic mass is 9.96. The third-order valence-corrected chi connectivity index (χ3v) is 3.17. The molecule has 1 aliphatic rings. The van der Waals surface area contributed by atoms with Crippen LogP contribution in [0.3, 0.4) is 0 Å². The monoisotopic (exact) mass is 270 g/mol. The summed E-state index contributed by atoms with van der Waals surface area (Å²) >= 11 is 0. The van der Waals surface area contributed by atoms with Crippen molar-refractivity contribution in [2.75, 3.05) is 13.1 Å². The Morgan fingerprint density at radius 1 is 1.45 bits per heavy atom. The Morgan fingerprint density at radius 3 is 2.85 bits per heavy atom. The average molecular weight is 270 g/mol. The number of aliphatic carboxylic acids is 1. The van der Waals surface area contributed by atoms with Gasteiger partial charge in [-0.2, -0.15) is 5.26 Å². The molecular weight excluding hydrogens is 256 g/mol. The fourth-order valence-corrected chi connectivity index (χ4v) is 2.11. The van der Waals surface area contributed by atoms with E-state index in [2.05, 4.69) is 0 Å². The number of nitriles is 1. The molecule has 1 fully saturated rings. The second-order valence-corrected chi connectivity index (χ2v) is 4.78. The number of hydrogen-bond donors (Lipinski definition) is 1. The van der Waals surface area contributed by atoms with E-state index in [-0.39, 0.29) is 18.2 Å². The first kappa shape index (κ1) is 13.8. The van der Waals surface area contributed by atoms with Gasteiger partial charge in [0.05, 0.1) is 18.1 Å². The van der Waals surface area contributed by atoms with E-state index in [4.69, 9.17) is 10.4 Å². The van der Waals surface area contributed by atoms with Crippen LogP contribution in [-0.2, 0) is 9.59 Å². The molecule has 20 heavy (non-hydrogen) atoms. The minimum atomic E-state index is -0.828. The van der Waals surface area contributed by atoms with Crippen molar-refractivity contribution < 1.29 is 14.7 Å². The Bertz CT molecular complexity index is 595. The number of amides is 1. The van der Waals surface area contributed by atoms with Crippen LogP contribution in [-0.4, -0.2) is 35.0 Å². The van der Waals surface area contributed by atoms with Gasteiger partial charge in [0.25, 0.3) is 0 Å². The molecule has 0 radical (unpaired) electrons. The molecule has 1 aromatic rings. The highest BCUT2D eigenvalue weighted by Gasteiger charge is 2.30. The van der Waals surface area contributed by atoms with Crippen LogP contribution in [0.25, 0.3) is 6.08 Å². The number of nitrogens with zero attached hydrogens (tertiary/aromatic N) is 2. The van der Waals surface area contributed by atoms with Gasteiger partial charge in [0.1, 0.15) is 0 Å². The van der Waals surface area contributed by atoms with Gasteiger partial charge in [-0.15, -0.1) is 0 Å². The molecule has 5 nitrogen and oxygen atoms in total. The van der Waals surface area contributed by atoms with E-state index in [0.29, 0.717) is 18.7 Å². The van der Waals surface area contributed by atoms with E-state index in [0.717, 1.165) is 5.56 Å². The van der Waals surface area contributed by atoms with Gasteiger partial charge in [-0.05, 0) is 23.8 Å². The molecule has 5 heteroatoms. The molecule has 0 unspecified atom stereocenters. The van der Waals surface area contributed by atoms with Crippen LogP contribution >= 0.6 is 0 Å². The number of carbonyl (C=O) groups is 2. The lowest BCUT2D eigenvalue weighted by Crippen LogP contribution is -2.49. The van der Waals surface area contributed by atoms with Crippen molar-refractivity contribution in [3.8, 4) is 6.07 Å². The number of likely N-dealkylation sites (tertiary alicyclic amines) is 1. The largest absolute Gasteiger partial charge is 0.481 e. The predicted molar refractivity (Wildman–Crippen MR) is 72.5 cm³/mol. The number of carboxylic acids is 1. The van der Waals surface area contributed by atoms with E-state index in [9.17, 15) is 9.59 Å². The van der Waals surface area contributed by atoms with Crippen LogP contribution in [0.5, 0.6) is 0 Å². The zero-order chi connectivity index (χ0) is 14.5. The molecule has 1 aliphatic heterocycles. The number of rotatable bonds is 4. The minimum Gasteiger partial charge on any atom is -0.481 e. The molecule has 1 saturated heterocycles. The van der Waals surface area contributed by atoms with E-state index < -0.39 is 5.97 Å². The van der Waals surface area contributed by atoms with Crippen molar-refractivity contribution in [3.63, 3.8) is 0 Å². The van der Waals surface area contributed by atoms with Crippen LogP contribution in [0.15, 0.2) is 30.3 Å². The van der Waals surface area contributed by atoms with Crippen molar-refractivity contribution in [3.05, 3.63) is 41.5 Å². The normalized spacial score (nSPS) is 14.8. The molecular formula is C15H14N2O3. The third-order valence-electron chi connectivity index (χ3n) is 3.17. The summed E-state index contributed by atoms with van der Waals surface area (Å²) in [7, 11) is 0. The maximum atomic E-state index is 11.8. The zero-order valence-electron chi connectivity index (χ0n) is 10.8. The molecule has 1 aromatic carbocycles. The highest BCUT2D eigenvalue weighted by atomic mass is 16.4. The first-order valence-corrected chi connectivity index (χ1v) is 6.27. The first-order valence-electron chi connectivity index (χ1n) is 6.27. The topological polar surface area (TPSA) is 81.4 Å². The summed E-state index contributed by atoms with van der Waals surface area (Å²) < 4.78 is 0. The molecule has 0 bridgehead atoms. The summed E-state index contributed by atoms with van der Waals surface area (Å²) in [5.74, 6) is -0.897. The van der Waals surface area contributed by atoms with Crippen LogP contribution in [0.4, 0.5) is 0 Å². The Kier molecular flexibility index (Phi) is 4.16. The second kappa shape index (κ2) is 6.02. The van der Waals surface area contributed by atoms with Crippen LogP contribution in [0.1, 0.15) is 17.5 Å². The van der Waals surface area contributed by atoms with Crippen molar-refractivity contribution in [2.24, 2.45) is 5.92 Å². The lowest BCUT2D eigenvalue weighted by Gasteiger charge is -2.37. The molecule has 0 aromatic heterocycles. The van der Waals surface area contributed by atoms with Crippen LogP contribution in [0.2, 0.25) is 0 Å². The van der Waals surface area contributed by atoms with E-state index in [1.54, 1.807) is 29.2 Å². The lowest BCUT2D eigenvalue weighted by molar-refractivity contribution is -0.143. The Morgan fingerprint density at radius 2 is 2.20 bits per heavy atom. The maximum Gasteiger partial charge on any atom is 0.303 e. The van der Waals surface area contributed by atoms with Gasteiger partial charge in [-0.3, -0.25) is 9.59 Å². The Labute approximate surface area is 116 Å². The number of hydrogen-bond acceptors (Lipinski definition) is 3. The van der Waals surface area contributed by atoms with E-state index >= 15 is 0 Å². The SMILES string of the molecule is N#Cc1cccc(C=CC(=O)N2CC(CC(=O)O)C2)c1. The predicted octanol–water partition coefficient (Wildman–Crippen LogP) is 1.50. The third kappa shape index (κ3) is 3.45. The standard InChI is InChI=1S/C15H14N2O3/c16-8-12-3-1-2-11(6-12)4-5-14(18)17-9-13(10-17)7-15(19)20/h1-6,13H,7,9-10H2,(H,19,20). The average Bonchev–Trinajstić information content (AvgIpc) is 2.39. The summed E-state index contributed by atoms with van der Waals surface area (Å²) in [6.07, 6.45) is 3.22. The summed E-state index contributed by atoms with van der Waals surface area (Å²) in [5.41, 5.74) is 1.34. The zero-order valence-corrected chi connectivity index (χ0v) is 10.8. The number of benzene rings is 1. The van der Waals surface area contributed by atoms with Gasteiger partial charge < -0.3 is 10.0 Å². The molecule has 0 spiro atoms. The molecule has 0 aliphatic carbocycles. The molecule has 1 amide bonds. The molecule has 0 atom stereocenters. The van der Waals surface area contributed by atoms with E-state index in [1.807, 2.05) is 12.1 Å². The van der Waals surface area contributed by atoms with E-state index in [1.165, 1.54) is 6.08 Å². The molecule has 0 saturated carbocycles. The van der Waals surface area contributed by atoms with Crippen molar-refractivity contribution in [1.82, 2.24) is 4.90 Å². The van der Waals surface area contributed by atoms with Crippen molar-refractivity contribution >= 4 is 18.0 Å². The summed E-state index contributed by atoms with van der Waals surface area (Å²) in [4.78, 5) is 23.9. The van der Waals surface area contributed by atoms with Gasteiger partial charge in [0.2, 0.25) is 5.91 Å². The smallest absolute Gasteiger partial charge is 0.303 e. The van der Waals surface area contributed by atoms with Gasteiger partial charge >= 0.3 is 5.97 Å². The maximum absolute atomic E-state index is 11.8. The van der Waals surface area contributed by atoms with Crippen molar-refractivity contribution in [2.45, 2.75) is 6.42 Å². The Balaban J connectivity index is 1.88. The second-order valence-electron chi connectivity index (χ2n) is 4.78. The van der Waals surface area contributed by atoms with Gasteiger partial charge in [0.15, 0.2) is 0 Å². The van der Waals surface area contributed by atoms with Gasteiger partial charge in [-0.1, -0.05) is 12.1 Å². The summed E-state index contributed by atoms with van der Waals surface area (Å²) in [6, 6.07) is 9.01. The highest BCUT2D eigenvalue weighted by Crippen LogP contribution is 2.19. The van der Waals surface area contributed by atoms with Crippen LogP contribution < -0.4 is 0 Å². The molecule has 1 N–H and O–H groups in total. The minimum absolute atomic E-state index is 0.0618. The molecule has 1 heterocycles. The number of carbonyl (C=O) groups excluding carboxylic acids is 1. The molecule has 2 rings (SSSR count). The first-order chi connectivity index (χ1) is 9.58. The van der Waals surface area contributed by atoms with Crippen molar-refractivity contribution in [1.29, 1.82) is 5.26 Å². The van der Waals surface area contributed by atoms with Gasteiger partial charge in [0, 0.05) is 25.1 Å². The summed E-state index contributed by atoms with van der Waals surface area (Å²) in [5, 5.41) is 17.4. The summed E-state index contributed by atoms with van der Waals surface area (Å²) in [6.45, 7) is 0.988. The highest BCUT2D eigenvalue weighted by molar-refractivity contribution is 5.92. The fourth-order valence-electron chi connectivity index (χ4n) is 2.11. The Hall–Kier alpha value is -2.61. The quantitative estimate of drug-likeness (QED) is 0.841. The molecule has 102 valence electrons.